The Labute approximate surface area is 265 Å². The second kappa shape index (κ2) is 14.3. The van der Waals surface area contributed by atoms with E-state index in [2.05, 4.69) is 178 Å². The minimum absolute atomic E-state index is 0.548. The molecule has 0 N–H and O–H groups in total. The van der Waals surface area contributed by atoms with E-state index >= 15 is 0 Å². The summed E-state index contributed by atoms with van der Waals surface area (Å²) in [6, 6.07) is 35.5. The van der Waals surface area contributed by atoms with E-state index in [9.17, 15) is 0 Å². The summed E-state index contributed by atoms with van der Waals surface area (Å²) in [7, 11) is 0. The van der Waals surface area contributed by atoms with Gasteiger partial charge in [-0.3, -0.25) is 0 Å². The Morgan fingerprint density at radius 1 is 0.545 bits per heavy atom. The maximum atomic E-state index is 3.58. The molecule has 0 amide bonds. The topological polar surface area (TPSA) is 6.48 Å². The van der Waals surface area contributed by atoms with Gasteiger partial charge in [-0.2, -0.15) is 0 Å². The van der Waals surface area contributed by atoms with E-state index in [1.165, 1.54) is 22.3 Å². The second-order valence-corrected chi connectivity index (χ2v) is 12.0. The highest BCUT2D eigenvalue weighted by Gasteiger charge is 2.18. The van der Waals surface area contributed by atoms with Gasteiger partial charge in [-0.1, -0.05) is 93.1 Å². The molecule has 0 aromatic heterocycles. The number of aryl methyl sites for hydroxylation is 2. The molecule has 4 aromatic rings. The fourth-order valence-corrected chi connectivity index (χ4v) is 5.87. The Morgan fingerprint density at radius 3 is 1.43 bits per heavy atom. The third-order valence-electron chi connectivity index (χ3n) is 8.92. The van der Waals surface area contributed by atoms with Crippen LogP contribution in [0.15, 0.2) is 138 Å². The molecule has 0 saturated heterocycles. The molecule has 1 aliphatic rings. The highest BCUT2D eigenvalue weighted by atomic mass is 15.2. The van der Waals surface area contributed by atoms with Crippen LogP contribution in [-0.2, 0) is 0 Å². The van der Waals surface area contributed by atoms with E-state index < -0.39 is 0 Å². The molecule has 44 heavy (non-hydrogen) atoms. The molecule has 0 fully saturated rings. The molecule has 1 unspecified atom stereocenters. The minimum atomic E-state index is 0.548. The summed E-state index contributed by atoms with van der Waals surface area (Å²) in [5, 5.41) is 0. The lowest BCUT2D eigenvalue weighted by atomic mass is 9.93. The first-order chi connectivity index (χ1) is 21.4. The number of benzene rings is 4. The van der Waals surface area contributed by atoms with Crippen molar-refractivity contribution >= 4 is 28.4 Å². The van der Waals surface area contributed by atoms with Gasteiger partial charge in [0.05, 0.1) is 5.70 Å². The largest absolute Gasteiger partial charge is 0.311 e. The zero-order valence-electron chi connectivity index (χ0n) is 27.2. The molecule has 0 saturated carbocycles. The molecule has 1 atom stereocenters. The molecule has 0 aliphatic heterocycles. The quantitative estimate of drug-likeness (QED) is 0.163. The van der Waals surface area contributed by atoms with Gasteiger partial charge in [0, 0.05) is 28.4 Å². The summed E-state index contributed by atoms with van der Waals surface area (Å²) in [4.78, 5) is 4.65. The Balaban J connectivity index is 1.54. The maximum Gasteiger partial charge on any atom is 0.0890 e. The smallest absolute Gasteiger partial charge is 0.0890 e. The molecule has 0 radical (unpaired) electrons. The standard InChI is InChI=1S/C42H46N2/c1-7-33(6)35-17-24-40(25-18-35)44(39-22-15-32(5)16-23-39)42-29-27-41(28-30-42)43(38-20-13-31(4)14-21-38)37-12-10-11-36(19-26-37)34(8-2)9-3/h10-11,13-30,33-34H,7-9H2,1-6H3. The Kier molecular flexibility index (Phi) is 10.1. The van der Waals surface area contributed by atoms with Crippen molar-refractivity contribution in [1.29, 1.82) is 0 Å². The number of allylic oxidation sites excluding steroid dienone is 4. The molecule has 0 heterocycles. The first kappa shape index (κ1) is 30.9. The van der Waals surface area contributed by atoms with Crippen molar-refractivity contribution in [1.82, 2.24) is 0 Å². The molecule has 2 heteroatoms. The van der Waals surface area contributed by atoms with Crippen molar-refractivity contribution < 1.29 is 0 Å². The van der Waals surface area contributed by atoms with Crippen LogP contribution in [0.2, 0.25) is 0 Å². The zero-order valence-corrected chi connectivity index (χ0v) is 27.2. The molecule has 2 nitrogen and oxygen atoms in total. The highest BCUT2D eigenvalue weighted by Crippen LogP contribution is 2.38. The van der Waals surface area contributed by atoms with Gasteiger partial charge in [-0.25, -0.2) is 0 Å². The van der Waals surface area contributed by atoms with Crippen molar-refractivity contribution in [2.75, 3.05) is 9.80 Å². The van der Waals surface area contributed by atoms with Gasteiger partial charge in [0.25, 0.3) is 0 Å². The average molecular weight is 579 g/mol. The molecule has 224 valence electrons. The number of anilines is 5. The lowest BCUT2D eigenvalue weighted by molar-refractivity contribution is 0.583. The van der Waals surface area contributed by atoms with E-state index in [-0.39, 0.29) is 0 Å². The van der Waals surface area contributed by atoms with Gasteiger partial charge in [-0.15, -0.1) is 0 Å². The highest BCUT2D eigenvalue weighted by molar-refractivity contribution is 5.79. The third kappa shape index (κ3) is 6.99. The van der Waals surface area contributed by atoms with Crippen LogP contribution in [0.4, 0.5) is 28.4 Å². The van der Waals surface area contributed by atoms with Gasteiger partial charge in [0.2, 0.25) is 0 Å². The summed E-state index contributed by atoms with van der Waals surface area (Å²) in [5.41, 5.74) is 15.5. The first-order valence-corrected chi connectivity index (χ1v) is 16.2. The van der Waals surface area contributed by atoms with Crippen LogP contribution in [0, 0.1) is 19.8 Å². The van der Waals surface area contributed by atoms with Gasteiger partial charge in [0.1, 0.15) is 0 Å². The monoisotopic (exact) mass is 578 g/mol. The lowest BCUT2D eigenvalue weighted by Gasteiger charge is -2.28. The maximum absolute atomic E-state index is 3.58. The first-order valence-electron chi connectivity index (χ1n) is 16.2. The molecule has 1 aliphatic carbocycles. The molecule has 5 rings (SSSR count). The number of nitrogens with zero attached hydrogens (tertiary/aromatic N) is 2. The Hall–Kier alpha value is -4.52. The fraction of sp³-hybridized carbons (Fsp3) is 0.262. The van der Waals surface area contributed by atoms with Gasteiger partial charge < -0.3 is 9.80 Å². The molecular weight excluding hydrogens is 532 g/mol. The summed E-state index contributed by atoms with van der Waals surface area (Å²) in [5.74, 6) is 1.11. The molecule has 0 bridgehead atoms. The summed E-state index contributed by atoms with van der Waals surface area (Å²) < 4.78 is 0. The molecule has 0 spiro atoms. The molecule has 4 aromatic carbocycles. The minimum Gasteiger partial charge on any atom is -0.311 e. The predicted octanol–water partition coefficient (Wildman–Crippen LogP) is 12.4. The van der Waals surface area contributed by atoms with Crippen molar-refractivity contribution in [2.24, 2.45) is 5.92 Å². The Bertz CT molecular complexity index is 1640. The van der Waals surface area contributed by atoms with Crippen LogP contribution in [0.3, 0.4) is 0 Å². The van der Waals surface area contributed by atoms with Crippen LogP contribution in [0.1, 0.15) is 69.6 Å². The van der Waals surface area contributed by atoms with Gasteiger partial charge >= 0.3 is 0 Å². The van der Waals surface area contributed by atoms with Gasteiger partial charge in [-0.05, 0) is 129 Å². The van der Waals surface area contributed by atoms with E-state index in [1.54, 1.807) is 0 Å². The van der Waals surface area contributed by atoms with Crippen molar-refractivity contribution in [3.63, 3.8) is 0 Å². The van der Waals surface area contributed by atoms with Crippen LogP contribution >= 0.6 is 0 Å². The van der Waals surface area contributed by atoms with Crippen LogP contribution in [0.25, 0.3) is 0 Å². The fourth-order valence-electron chi connectivity index (χ4n) is 5.87. The SMILES string of the molecule is CCC(CC)C1=CC=C=C(N(c2ccc(C)cc2)c2ccc(N(c3ccc(C)cc3)c3ccc(C(C)CC)cc3)cc2)C=C1. The van der Waals surface area contributed by atoms with Crippen LogP contribution < -0.4 is 9.80 Å². The van der Waals surface area contributed by atoms with E-state index in [0.717, 1.165) is 53.4 Å². The second-order valence-electron chi connectivity index (χ2n) is 12.0. The van der Waals surface area contributed by atoms with Crippen molar-refractivity contribution in [3.05, 3.63) is 155 Å². The van der Waals surface area contributed by atoms with Crippen LogP contribution in [-0.4, -0.2) is 0 Å². The van der Waals surface area contributed by atoms with Crippen LogP contribution in [0.5, 0.6) is 0 Å². The number of rotatable bonds is 11. The number of hydrogen-bond acceptors (Lipinski definition) is 2. The summed E-state index contributed by atoms with van der Waals surface area (Å²) in [6.07, 6.45) is 12.2. The third-order valence-corrected chi connectivity index (χ3v) is 8.92. The average Bonchev–Trinajstić information content (AvgIpc) is 3.30. The summed E-state index contributed by atoms with van der Waals surface area (Å²) >= 11 is 0. The predicted molar refractivity (Wildman–Crippen MR) is 191 cm³/mol. The number of hydrogen-bond donors (Lipinski definition) is 0. The normalized spacial score (nSPS) is 13.3. The lowest BCUT2D eigenvalue weighted by Crippen LogP contribution is -2.15. The van der Waals surface area contributed by atoms with E-state index in [4.69, 9.17) is 0 Å². The summed E-state index contributed by atoms with van der Waals surface area (Å²) in [6.45, 7) is 13.4. The van der Waals surface area contributed by atoms with Crippen molar-refractivity contribution in [2.45, 2.75) is 66.7 Å². The Morgan fingerprint density at radius 2 is 0.977 bits per heavy atom. The van der Waals surface area contributed by atoms with Crippen molar-refractivity contribution in [3.8, 4) is 0 Å². The molecular formula is C42H46N2. The zero-order chi connectivity index (χ0) is 31.1. The van der Waals surface area contributed by atoms with E-state index in [1.807, 2.05) is 0 Å². The van der Waals surface area contributed by atoms with E-state index in [0.29, 0.717) is 11.8 Å². The van der Waals surface area contributed by atoms with Gasteiger partial charge in [0.15, 0.2) is 0 Å².